The molecule has 0 aliphatic carbocycles. The van der Waals surface area contributed by atoms with Crippen LogP contribution in [0.2, 0.25) is 5.02 Å². The molecule has 1 saturated heterocycles. The second kappa shape index (κ2) is 6.99. The highest BCUT2D eigenvalue weighted by Crippen LogP contribution is 2.23. The molecule has 0 atom stereocenters. The minimum Gasteiger partial charge on any atom is -0.395 e. The van der Waals surface area contributed by atoms with Gasteiger partial charge in [0.1, 0.15) is 0 Å². The molecule has 0 radical (unpaired) electrons. The van der Waals surface area contributed by atoms with E-state index in [1.165, 1.54) is 6.07 Å². The fourth-order valence-electron chi connectivity index (χ4n) is 2.35. The summed E-state index contributed by atoms with van der Waals surface area (Å²) in [5.41, 5.74) is 0.861. The SMILES string of the molecule is O=[N+]([O-])c1ccc(Cl)c(CN2CCN(CCO)CC2)c1. The van der Waals surface area contributed by atoms with Crippen molar-refractivity contribution in [2.45, 2.75) is 6.54 Å². The first-order chi connectivity index (χ1) is 9.60. The number of halogens is 1. The van der Waals surface area contributed by atoms with E-state index in [-0.39, 0.29) is 12.3 Å². The van der Waals surface area contributed by atoms with Gasteiger partial charge < -0.3 is 5.11 Å². The molecule has 0 amide bonds. The van der Waals surface area contributed by atoms with E-state index in [1.807, 2.05) is 0 Å². The largest absolute Gasteiger partial charge is 0.395 e. The first-order valence-corrected chi connectivity index (χ1v) is 6.96. The van der Waals surface area contributed by atoms with Gasteiger partial charge in [-0.15, -0.1) is 0 Å². The number of nitro benzene ring substituents is 1. The average molecular weight is 300 g/mol. The highest BCUT2D eigenvalue weighted by molar-refractivity contribution is 6.31. The molecule has 0 aromatic heterocycles. The molecule has 1 aromatic rings. The summed E-state index contributed by atoms with van der Waals surface area (Å²) in [5.74, 6) is 0. The second-order valence-electron chi connectivity index (χ2n) is 4.87. The Morgan fingerprint density at radius 1 is 1.25 bits per heavy atom. The van der Waals surface area contributed by atoms with Crippen LogP contribution < -0.4 is 0 Å². The Morgan fingerprint density at radius 3 is 2.50 bits per heavy atom. The van der Waals surface area contributed by atoms with Gasteiger partial charge in [-0.25, -0.2) is 0 Å². The summed E-state index contributed by atoms with van der Waals surface area (Å²) in [5, 5.41) is 20.3. The quantitative estimate of drug-likeness (QED) is 0.657. The Hall–Kier alpha value is -1.21. The van der Waals surface area contributed by atoms with Gasteiger partial charge in [0.15, 0.2) is 0 Å². The summed E-state index contributed by atoms with van der Waals surface area (Å²) >= 11 is 6.11. The third kappa shape index (κ3) is 3.89. The van der Waals surface area contributed by atoms with E-state index in [4.69, 9.17) is 16.7 Å². The summed E-state index contributed by atoms with van der Waals surface area (Å²) in [6, 6.07) is 4.55. The zero-order valence-corrected chi connectivity index (χ0v) is 11.9. The molecule has 1 fully saturated rings. The predicted octanol–water partition coefficient (Wildman–Crippen LogP) is 1.36. The maximum atomic E-state index is 10.8. The first-order valence-electron chi connectivity index (χ1n) is 6.58. The van der Waals surface area contributed by atoms with Crippen molar-refractivity contribution >= 4 is 17.3 Å². The van der Waals surface area contributed by atoms with E-state index in [2.05, 4.69) is 9.80 Å². The number of aliphatic hydroxyl groups is 1. The number of hydrogen-bond acceptors (Lipinski definition) is 5. The van der Waals surface area contributed by atoms with Crippen molar-refractivity contribution in [1.29, 1.82) is 0 Å². The summed E-state index contributed by atoms with van der Waals surface area (Å²) in [4.78, 5) is 14.8. The van der Waals surface area contributed by atoms with Gasteiger partial charge in [0.2, 0.25) is 0 Å². The Kier molecular flexibility index (Phi) is 5.31. The molecule has 7 heteroatoms. The van der Waals surface area contributed by atoms with Gasteiger partial charge in [-0.05, 0) is 11.6 Å². The summed E-state index contributed by atoms with van der Waals surface area (Å²) in [6.07, 6.45) is 0. The highest BCUT2D eigenvalue weighted by Gasteiger charge is 2.18. The Balaban J connectivity index is 1.97. The standard InChI is InChI=1S/C13H18ClN3O3/c14-13-2-1-12(17(19)20)9-11(13)10-16-5-3-15(4-6-16)7-8-18/h1-2,9,18H,3-8,10H2. The van der Waals surface area contributed by atoms with Crippen molar-refractivity contribution in [2.24, 2.45) is 0 Å². The normalized spacial score (nSPS) is 17.3. The maximum absolute atomic E-state index is 10.8. The summed E-state index contributed by atoms with van der Waals surface area (Å²) in [6.45, 7) is 5.04. The molecular weight excluding hydrogens is 282 g/mol. The van der Waals surface area contributed by atoms with Gasteiger partial charge in [-0.3, -0.25) is 19.9 Å². The minimum absolute atomic E-state index is 0.0725. The Morgan fingerprint density at radius 2 is 1.90 bits per heavy atom. The van der Waals surface area contributed by atoms with Crippen molar-refractivity contribution < 1.29 is 10.0 Å². The molecule has 0 bridgehead atoms. The van der Waals surface area contributed by atoms with Crippen LogP contribution in [-0.4, -0.2) is 59.2 Å². The number of nitro groups is 1. The smallest absolute Gasteiger partial charge is 0.269 e. The lowest BCUT2D eigenvalue weighted by atomic mass is 10.1. The monoisotopic (exact) mass is 299 g/mol. The topological polar surface area (TPSA) is 69.9 Å². The number of rotatable bonds is 5. The molecule has 6 nitrogen and oxygen atoms in total. The lowest BCUT2D eigenvalue weighted by Crippen LogP contribution is -2.46. The average Bonchev–Trinajstić information content (AvgIpc) is 2.43. The van der Waals surface area contributed by atoms with Crippen molar-refractivity contribution in [1.82, 2.24) is 9.80 Å². The van der Waals surface area contributed by atoms with Gasteiger partial charge >= 0.3 is 0 Å². The van der Waals surface area contributed by atoms with E-state index < -0.39 is 4.92 Å². The predicted molar refractivity (Wildman–Crippen MR) is 76.9 cm³/mol. The zero-order valence-electron chi connectivity index (χ0n) is 11.2. The molecule has 0 spiro atoms. The lowest BCUT2D eigenvalue weighted by Gasteiger charge is -2.34. The Bertz CT molecular complexity index is 476. The third-order valence-corrected chi connectivity index (χ3v) is 3.88. The summed E-state index contributed by atoms with van der Waals surface area (Å²) < 4.78 is 0. The number of non-ortho nitro benzene ring substituents is 1. The molecular formula is C13H18ClN3O3. The third-order valence-electron chi connectivity index (χ3n) is 3.52. The van der Waals surface area contributed by atoms with Crippen LogP contribution in [0.25, 0.3) is 0 Å². The number of benzene rings is 1. The van der Waals surface area contributed by atoms with E-state index in [9.17, 15) is 10.1 Å². The van der Waals surface area contributed by atoms with Crippen molar-refractivity contribution in [2.75, 3.05) is 39.3 Å². The maximum Gasteiger partial charge on any atom is 0.269 e. The number of β-amino-alcohol motifs (C(OH)–C–C–N with tert-alkyl or cyclic N) is 1. The second-order valence-corrected chi connectivity index (χ2v) is 5.28. The van der Waals surface area contributed by atoms with E-state index in [0.717, 1.165) is 31.7 Å². The molecule has 0 unspecified atom stereocenters. The number of aliphatic hydroxyl groups excluding tert-OH is 1. The van der Waals surface area contributed by atoms with Crippen molar-refractivity contribution in [3.63, 3.8) is 0 Å². The van der Waals surface area contributed by atoms with E-state index in [1.54, 1.807) is 12.1 Å². The van der Waals surface area contributed by atoms with Crippen LogP contribution in [0.3, 0.4) is 0 Å². The summed E-state index contributed by atoms with van der Waals surface area (Å²) in [7, 11) is 0. The van der Waals surface area contributed by atoms with Gasteiger partial charge in [0.25, 0.3) is 5.69 Å². The fraction of sp³-hybridized carbons (Fsp3) is 0.538. The van der Waals surface area contributed by atoms with Crippen molar-refractivity contribution in [3.05, 3.63) is 38.9 Å². The molecule has 110 valence electrons. The van der Waals surface area contributed by atoms with Crippen LogP contribution in [0.4, 0.5) is 5.69 Å². The fourth-order valence-corrected chi connectivity index (χ4v) is 2.53. The van der Waals surface area contributed by atoms with Gasteiger partial charge in [0.05, 0.1) is 11.5 Å². The van der Waals surface area contributed by atoms with Crippen LogP contribution in [0.5, 0.6) is 0 Å². The van der Waals surface area contributed by atoms with E-state index in [0.29, 0.717) is 18.1 Å². The molecule has 1 heterocycles. The lowest BCUT2D eigenvalue weighted by molar-refractivity contribution is -0.384. The molecule has 2 rings (SSSR count). The number of hydrogen-bond donors (Lipinski definition) is 1. The molecule has 20 heavy (non-hydrogen) atoms. The number of piperazine rings is 1. The minimum atomic E-state index is -0.404. The van der Waals surface area contributed by atoms with Crippen LogP contribution in [-0.2, 0) is 6.54 Å². The van der Waals surface area contributed by atoms with Gasteiger partial charge in [0, 0.05) is 56.4 Å². The van der Waals surface area contributed by atoms with Gasteiger partial charge in [-0.2, -0.15) is 0 Å². The molecule has 1 aliphatic heterocycles. The Labute approximate surface area is 122 Å². The van der Waals surface area contributed by atoms with Crippen LogP contribution in [0.1, 0.15) is 5.56 Å². The molecule has 1 aromatic carbocycles. The van der Waals surface area contributed by atoms with E-state index >= 15 is 0 Å². The zero-order chi connectivity index (χ0) is 14.5. The molecule has 0 saturated carbocycles. The number of nitrogens with zero attached hydrogens (tertiary/aromatic N) is 3. The molecule has 1 N–H and O–H groups in total. The highest BCUT2D eigenvalue weighted by atomic mass is 35.5. The van der Waals surface area contributed by atoms with Crippen LogP contribution in [0, 0.1) is 10.1 Å². The van der Waals surface area contributed by atoms with Crippen molar-refractivity contribution in [3.8, 4) is 0 Å². The first kappa shape index (κ1) is 15.2. The van der Waals surface area contributed by atoms with Gasteiger partial charge in [-0.1, -0.05) is 11.6 Å². The molecule has 1 aliphatic rings. The van der Waals surface area contributed by atoms with Crippen LogP contribution >= 0.6 is 11.6 Å². The van der Waals surface area contributed by atoms with Crippen LogP contribution in [0.15, 0.2) is 18.2 Å².